The first kappa shape index (κ1) is 12.8. The van der Waals surface area contributed by atoms with Crippen molar-refractivity contribution in [2.24, 2.45) is 0 Å². The van der Waals surface area contributed by atoms with E-state index in [9.17, 15) is 4.21 Å². The van der Waals surface area contributed by atoms with Crippen molar-refractivity contribution in [1.29, 1.82) is 0 Å². The number of halogens is 1. The van der Waals surface area contributed by atoms with Gasteiger partial charge in [-0.2, -0.15) is 0 Å². The van der Waals surface area contributed by atoms with Crippen molar-refractivity contribution in [3.8, 4) is 0 Å². The summed E-state index contributed by atoms with van der Waals surface area (Å²) < 4.78 is 11.9. The molecular formula is C10H15BrN2OS. The van der Waals surface area contributed by atoms with Gasteiger partial charge >= 0.3 is 0 Å². The van der Waals surface area contributed by atoms with E-state index in [1.807, 2.05) is 19.1 Å². The highest BCUT2D eigenvalue weighted by Crippen LogP contribution is 2.07. The van der Waals surface area contributed by atoms with Gasteiger partial charge in [0, 0.05) is 46.1 Å². The number of nitrogens with one attached hydrogen (secondary N) is 1. The second kappa shape index (κ2) is 6.35. The van der Waals surface area contributed by atoms with Gasteiger partial charge in [-0.25, -0.2) is 0 Å². The first-order valence-corrected chi connectivity index (χ1v) is 7.24. The normalized spacial score (nSPS) is 14.9. The fraction of sp³-hybridized carbons (Fsp3) is 0.500. The molecule has 0 bridgehead atoms. The molecule has 1 rings (SSSR count). The van der Waals surface area contributed by atoms with Gasteiger partial charge in [-0.1, -0.05) is 0 Å². The molecule has 0 spiro atoms. The van der Waals surface area contributed by atoms with Crippen LogP contribution in [0, 0.1) is 0 Å². The maximum atomic E-state index is 11.0. The minimum absolute atomic E-state index is 0.251. The summed E-state index contributed by atoms with van der Waals surface area (Å²) in [6.45, 7) is 2.74. The molecule has 5 heteroatoms. The van der Waals surface area contributed by atoms with Crippen LogP contribution in [0.2, 0.25) is 0 Å². The predicted octanol–water partition coefficient (Wildman–Crippen LogP) is 1.70. The van der Waals surface area contributed by atoms with E-state index in [1.54, 1.807) is 12.5 Å². The molecule has 1 aromatic heterocycles. The molecule has 0 aliphatic heterocycles. The van der Waals surface area contributed by atoms with Crippen molar-refractivity contribution in [2.75, 3.05) is 12.0 Å². The number of pyridine rings is 1. The van der Waals surface area contributed by atoms with Gasteiger partial charge in [0.25, 0.3) is 0 Å². The lowest BCUT2D eigenvalue weighted by Gasteiger charge is -2.11. The fourth-order valence-electron chi connectivity index (χ4n) is 1.20. The van der Waals surface area contributed by atoms with Crippen molar-refractivity contribution in [3.63, 3.8) is 0 Å². The Morgan fingerprint density at radius 1 is 1.60 bits per heavy atom. The van der Waals surface area contributed by atoms with Crippen LogP contribution in [0.4, 0.5) is 0 Å². The van der Waals surface area contributed by atoms with Crippen LogP contribution < -0.4 is 5.32 Å². The van der Waals surface area contributed by atoms with Crippen LogP contribution in [-0.4, -0.2) is 27.2 Å². The van der Waals surface area contributed by atoms with Crippen LogP contribution in [-0.2, 0) is 17.3 Å². The SMILES string of the molecule is CC(CS(C)=O)NCc1ccc(Br)cn1. The van der Waals surface area contributed by atoms with Crippen molar-refractivity contribution in [3.05, 3.63) is 28.5 Å². The van der Waals surface area contributed by atoms with Crippen molar-refractivity contribution >= 4 is 26.7 Å². The number of nitrogens with zero attached hydrogens (tertiary/aromatic N) is 1. The molecule has 84 valence electrons. The highest BCUT2D eigenvalue weighted by Gasteiger charge is 2.03. The van der Waals surface area contributed by atoms with Crippen molar-refractivity contribution in [2.45, 2.75) is 19.5 Å². The standard InChI is InChI=1S/C10H15BrN2OS/c1-8(7-15(2)14)12-6-10-4-3-9(11)5-13-10/h3-5,8,12H,6-7H2,1-2H3. The molecule has 1 aromatic rings. The zero-order valence-electron chi connectivity index (χ0n) is 8.87. The third-order valence-electron chi connectivity index (χ3n) is 1.90. The van der Waals surface area contributed by atoms with E-state index >= 15 is 0 Å². The van der Waals surface area contributed by atoms with Crippen LogP contribution >= 0.6 is 15.9 Å². The maximum Gasteiger partial charge on any atom is 0.0542 e. The first-order valence-electron chi connectivity index (χ1n) is 4.72. The summed E-state index contributed by atoms with van der Waals surface area (Å²) in [5.74, 6) is 0.677. The Morgan fingerprint density at radius 3 is 2.87 bits per heavy atom. The number of hydrogen-bond donors (Lipinski definition) is 1. The van der Waals surface area contributed by atoms with Crippen LogP contribution in [0.3, 0.4) is 0 Å². The molecule has 15 heavy (non-hydrogen) atoms. The van der Waals surface area contributed by atoms with Crippen LogP contribution in [0.1, 0.15) is 12.6 Å². The van der Waals surface area contributed by atoms with Crippen molar-refractivity contribution in [1.82, 2.24) is 10.3 Å². The number of hydrogen-bond acceptors (Lipinski definition) is 3. The maximum absolute atomic E-state index is 11.0. The monoisotopic (exact) mass is 290 g/mol. The molecule has 0 aliphatic rings. The van der Waals surface area contributed by atoms with Gasteiger partial charge in [-0.05, 0) is 35.0 Å². The van der Waals surface area contributed by atoms with Gasteiger partial charge < -0.3 is 5.32 Å². The molecule has 2 unspecified atom stereocenters. The van der Waals surface area contributed by atoms with Gasteiger partial charge in [0.2, 0.25) is 0 Å². The van der Waals surface area contributed by atoms with Crippen LogP contribution in [0.15, 0.2) is 22.8 Å². The first-order chi connectivity index (χ1) is 7.08. The summed E-state index contributed by atoms with van der Waals surface area (Å²) in [6, 6.07) is 4.18. The molecule has 0 aromatic carbocycles. The van der Waals surface area contributed by atoms with Crippen LogP contribution in [0.5, 0.6) is 0 Å². The molecule has 0 amide bonds. The lowest BCUT2D eigenvalue weighted by atomic mass is 10.3. The van der Waals surface area contributed by atoms with E-state index in [0.717, 1.165) is 10.2 Å². The molecule has 1 heterocycles. The Morgan fingerprint density at radius 2 is 2.33 bits per heavy atom. The lowest BCUT2D eigenvalue weighted by molar-refractivity contribution is 0.580. The van der Waals surface area contributed by atoms with E-state index in [4.69, 9.17) is 0 Å². The minimum Gasteiger partial charge on any atom is -0.308 e. The van der Waals surface area contributed by atoms with Gasteiger partial charge in [-0.3, -0.25) is 9.19 Å². The van der Waals surface area contributed by atoms with E-state index in [1.165, 1.54) is 0 Å². The predicted molar refractivity (Wildman–Crippen MR) is 67.2 cm³/mol. The average molecular weight is 291 g/mol. The molecular weight excluding hydrogens is 276 g/mol. The second-order valence-corrected chi connectivity index (χ2v) is 5.88. The number of rotatable bonds is 5. The van der Waals surface area contributed by atoms with E-state index in [0.29, 0.717) is 12.3 Å². The smallest absolute Gasteiger partial charge is 0.0542 e. The molecule has 0 aliphatic carbocycles. The second-order valence-electron chi connectivity index (χ2n) is 3.49. The van der Waals surface area contributed by atoms with Gasteiger partial charge in [-0.15, -0.1) is 0 Å². The molecule has 0 fully saturated rings. The average Bonchev–Trinajstić information content (AvgIpc) is 2.16. The van der Waals surface area contributed by atoms with Crippen molar-refractivity contribution < 1.29 is 4.21 Å². The fourth-order valence-corrected chi connectivity index (χ4v) is 2.26. The highest BCUT2D eigenvalue weighted by molar-refractivity contribution is 9.10. The summed E-state index contributed by atoms with van der Waals surface area (Å²) in [5, 5.41) is 3.28. The topological polar surface area (TPSA) is 42.0 Å². The van der Waals surface area contributed by atoms with E-state index < -0.39 is 10.8 Å². The zero-order valence-corrected chi connectivity index (χ0v) is 11.3. The third kappa shape index (κ3) is 5.39. The zero-order chi connectivity index (χ0) is 11.3. The summed E-state index contributed by atoms with van der Waals surface area (Å²) in [4.78, 5) is 4.24. The summed E-state index contributed by atoms with van der Waals surface area (Å²) >= 11 is 3.34. The van der Waals surface area contributed by atoms with E-state index in [-0.39, 0.29) is 6.04 Å². The Hall–Kier alpha value is -0.260. The van der Waals surface area contributed by atoms with Gasteiger partial charge in [0.1, 0.15) is 0 Å². The largest absolute Gasteiger partial charge is 0.308 e. The Kier molecular flexibility index (Phi) is 5.42. The Balaban J connectivity index is 2.36. The molecule has 0 saturated heterocycles. The Labute approximate surface area is 101 Å². The summed E-state index contributed by atoms with van der Waals surface area (Å²) in [5.41, 5.74) is 0.993. The summed E-state index contributed by atoms with van der Waals surface area (Å²) in [7, 11) is -0.748. The molecule has 1 N–H and O–H groups in total. The molecule has 2 atom stereocenters. The lowest BCUT2D eigenvalue weighted by Crippen LogP contribution is -2.30. The highest BCUT2D eigenvalue weighted by atomic mass is 79.9. The molecule has 0 radical (unpaired) electrons. The summed E-state index contributed by atoms with van der Waals surface area (Å²) in [6.07, 6.45) is 3.50. The van der Waals surface area contributed by atoms with Crippen LogP contribution in [0.25, 0.3) is 0 Å². The Bertz CT molecular complexity index is 329. The quantitative estimate of drug-likeness (QED) is 0.898. The minimum atomic E-state index is -0.748. The van der Waals surface area contributed by atoms with E-state index in [2.05, 4.69) is 26.2 Å². The molecule has 0 saturated carbocycles. The third-order valence-corrected chi connectivity index (χ3v) is 3.34. The molecule has 3 nitrogen and oxygen atoms in total. The van der Waals surface area contributed by atoms with Gasteiger partial charge in [0.05, 0.1) is 5.69 Å². The van der Waals surface area contributed by atoms with Gasteiger partial charge in [0.15, 0.2) is 0 Å². The number of aromatic nitrogens is 1.